The van der Waals surface area contributed by atoms with E-state index in [1.165, 1.54) is 6.07 Å². The van der Waals surface area contributed by atoms with Crippen molar-refractivity contribution < 1.29 is 9.90 Å². The van der Waals surface area contributed by atoms with Crippen LogP contribution in [0.5, 0.6) is 5.75 Å². The lowest BCUT2D eigenvalue weighted by atomic mass is 10.1. The molecule has 4 nitrogen and oxygen atoms in total. The van der Waals surface area contributed by atoms with Crippen LogP contribution in [0.2, 0.25) is 5.02 Å². The van der Waals surface area contributed by atoms with Gasteiger partial charge in [0.2, 0.25) is 0 Å². The maximum absolute atomic E-state index is 12.0. The lowest BCUT2D eigenvalue weighted by Crippen LogP contribution is -2.14. The van der Waals surface area contributed by atoms with Gasteiger partial charge in [0.05, 0.1) is 22.0 Å². The van der Waals surface area contributed by atoms with Gasteiger partial charge in [-0.1, -0.05) is 29.8 Å². The molecule has 5 heteroatoms. The maximum Gasteiger partial charge on any atom is 0.257 e. The van der Waals surface area contributed by atoms with E-state index in [0.29, 0.717) is 10.7 Å². The smallest absolute Gasteiger partial charge is 0.257 e. The maximum atomic E-state index is 12.0. The molecule has 18 heavy (non-hydrogen) atoms. The fourth-order valence-electron chi connectivity index (χ4n) is 1.50. The molecule has 0 atom stereocenters. The molecule has 0 spiro atoms. The van der Waals surface area contributed by atoms with Crippen LogP contribution in [0.4, 0.5) is 11.4 Å². The van der Waals surface area contributed by atoms with Gasteiger partial charge in [0.25, 0.3) is 5.91 Å². The Balaban J connectivity index is 2.28. The number of anilines is 2. The third-order valence-corrected chi connectivity index (χ3v) is 2.78. The quantitative estimate of drug-likeness (QED) is 0.575. The average molecular weight is 263 g/mol. The minimum atomic E-state index is -0.420. The molecule has 2 rings (SSSR count). The van der Waals surface area contributed by atoms with Crippen LogP contribution in [0.25, 0.3) is 0 Å². The summed E-state index contributed by atoms with van der Waals surface area (Å²) in [6.07, 6.45) is 0. The Bertz CT molecular complexity index is 599. The molecule has 0 unspecified atom stereocenters. The molecule has 0 aliphatic rings. The number of hydrogen-bond acceptors (Lipinski definition) is 3. The number of nitrogens with one attached hydrogen (secondary N) is 1. The molecule has 0 fully saturated rings. The van der Waals surface area contributed by atoms with Crippen LogP contribution in [0, 0.1) is 0 Å². The van der Waals surface area contributed by atoms with E-state index in [4.69, 9.17) is 17.3 Å². The number of para-hydroxylation sites is 3. The summed E-state index contributed by atoms with van der Waals surface area (Å²) in [6.45, 7) is 0. The number of hydrogen-bond donors (Lipinski definition) is 3. The summed E-state index contributed by atoms with van der Waals surface area (Å²) in [4.78, 5) is 12.0. The Kier molecular flexibility index (Phi) is 3.39. The Hall–Kier alpha value is -2.20. The van der Waals surface area contributed by atoms with Gasteiger partial charge in [-0.2, -0.15) is 0 Å². The second-order valence-electron chi connectivity index (χ2n) is 3.67. The molecule has 2 aromatic rings. The summed E-state index contributed by atoms with van der Waals surface area (Å²) in [5.74, 6) is -0.428. The molecule has 0 heterocycles. The predicted molar refractivity (Wildman–Crippen MR) is 71.9 cm³/mol. The second-order valence-corrected chi connectivity index (χ2v) is 4.08. The number of benzene rings is 2. The highest BCUT2D eigenvalue weighted by Gasteiger charge is 2.13. The van der Waals surface area contributed by atoms with E-state index in [0.717, 1.165) is 0 Å². The second kappa shape index (κ2) is 4.98. The number of phenolic OH excluding ortho intramolecular Hbond substituents is 1. The molecule has 0 aliphatic heterocycles. The third-order valence-electron chi connectivity index (χ3n) is 2.45. The highest BCUT2D eigenvalue weighted by Crippen LogP contribution is 2.26. The summed E-state index contributed by atoms with van der Waals surface area (Å²) in [7, 11) is 0. The molecule has 4 N–H and O–H groups in total. The molecule has 0 bridgehead atoms. The number of nitrogens with two attached hydrogens (primary N) is 1. The van der Waals surface area contributed by atoms with Gasteiger partial charge < -0.3 is 16.2 Å². The van der Waals surface area contributed by atoms with Gasteiger partial charge in [0, 0.05) is 0 Å². The van der Waals surface area contributed by atoms with Crippen LogP contribution >= 0.6 is 11.6 Å². The normalized spacial score (nSPS) is 10.1. The van der Waals surface area contributed by atoms with Crippen molar-refractivity contribution in [1.29, 1.82) is 0 Å². The predicted octanol–water partition coefficient (Wildman–Crippen LogP) is 2.88. The van der Waals surface area contributed by atoms with Crippen LogP contribution in [-0.2, 0) is 0 Å². The molecule has 1 amide bonds. The molecule has 2 aromatic carbocycles. The average Bonchev–Trinajstić information content (AvgIpc) is 2.35. The number of rotatable bonds is 2. The van der Waals surface area contributed by atoms with Crippen molar-refractivity contribution in [3.8, 4) is 5.75 Å². The SMILES string of the molecule is Nc1c(Cl)cccc1C(=O)Nc1ccccc1O. The number of halogens is 1. The van der Waals surface area contributed by atoms with Crippen molar-refractivity contribution >= 4 is 28.9 Å². The number of carbonyl (C=O) groups excluding carboxylic acids is 1. The van der Waals surface area contributed by atoms with Crippen molar-refractivity contribution in [2.24, 2.45) is 0 Å². The van der Waals surface area contributed by atoms with Crippen molar-refractivity contribution in [3.63, 3.8) is 0 Å². The van der Waals surface area contributed by atoms with E-state index in [9.17, 15) is 9.90 Å². The van der Waals surface area contributed by atoms with Gasteiger partial charge in [-0.15, -0.1) is 0 Å². The summed E-state index contributed by atoms with van der Waals surface area (Å²) < 4.78 is 0. The highest BCUT2D eigenvalue weighted by atomic mass is 35.5. The first kappa shape index (κ1) is 12.3. The fourth-order valence-corrected chi connectivity index (χ4v) is 1.68. The summed E-state index contributed by atoms with van der Waals surface area (Å²) in [5, 5.41) is 12.4. The van der Waals surface area contributed by atoms with E-state index >= 15 is 0 Å². The van der Waals surface area contributed by atoms with Crippen LogP contribution in [0.3, 0.4) is 0 Å². The van der Waals surface area contributed by atoms with Gasteiger partial charge in [-0.05, 0) is 24.3 Å². The molecule has 0 radical (unpaired) electrons. The monoisotopic (exact) mass is 262 g/mol. The van der Waals surface area contributed by atoms with Crippen molar-refractivity contribution in [2.75, 3.05) is 11.1 Å². The zero-order chi connectivity index (χ0) is 13.1. The Morgan fingerprint density at radius 3 is 2.61 bits per heavy atom. The molecular weight excluding hydrogens is 252 g/mol. The number of aromatic hydroxyl groups is 1. The van der Waals surface area contributed by atoms with Crippen molar-refractivity contribution in [1.82, 2.24) is 0 Å². The minimum absolute atomic E-state index is 0.00792. The van der Waals surface area contributed by atoms with Crippen LogP contribution in [0.15, 0.2) is 42.5 Å². The molecule has 0 aliphatic carbocycles. The third kappa shape index (κ3) is 2.38. The standard InChI is InChI=1S/C13H11ClN2O2/c14-9-5-3-4-8(12(9)15)13(18)16-10-6-1-2-7-11(10)17/h1-7,17H,15H2,(H,16,18). The molecule has 0 saturated heterocycles. The Labute approximate surface area is 109 Å². The summed E-state index contributed by atoms with van der Waals surface area (Å²) in [5.41, 5.74) is 6.53. The molecule has 92 valence electrons. The van der Waals surface area contributed by atoms with Crippen LogP contribution in [0.1, 0.15) is 10.4 Å². The van der Waals surface area contributed by atoms with Gasteiger partial charge in [0.15, 0.2) is 0 Å². The van der Waals surface area contributed by atoms with Gasteiger partial charge >= 0.3 is 0 Å². The first-order chi connectivity index (χ1) is 8.59. The molecule has 0 aromatic heterocycles. The zero-order valence-electron chi connectivity index (χ0n) is 9.35. The first-order valence-electron chi connectivity index (χ1n) is 5.23. The number of phenols is 1. The Morgan fingerprint density at radius 2 is 1.89 bits per heavy atom. The van der Waals surface area contributed by atoms with E-state index in [2.05, 4.69) is 5.32 Å². The largest absolute Gasteiger partial charge is 0.506 e. The van der Waals surface area contributed by atoms with Gasteiger partial charge in [-0.25, -0.2) is 0 Å². The van der Waals surface area contributed by atoms with Crippen molar-refractivity contribution in [2.45, 2.75) is 0 Å². The lowest BCUT2D eigenvalue weighted by molar-refractivity contribution is 0.102. The Morgan fingerprint density at radius 1 is 1.17 bits per heavy atom. The molecule has 0 saturated carbocycles. The van der Waals surface area contributed by atoms with E-state index < -0.39 is 5.91 Å². The van der Waals surface area contributed by atoms with Gasteiger partial charge in [0.1, 0.15) is 5.75 Å². The van der Waals surface area contributed by atoms with E-state index in [1.807, 2.05) is 0 Å². The minimum Gasteiger partial charge on any atom is -0.506 e. The highest BCUT2D eigenvalue weighted by molar-refractivity contribution is 6.34. The number of amides is 1. The van der Waals surface area contributed by atoms with E-state index in [-0.39, 0.29) is 17.0 Å². The number of carbonyl (C=O) groups is 1. The van der Waals surface area contributed by atoms with Gasteiger partial charge in [-0.3, -0.25) is 4.79 Å². The lowest BCUT2D eigenvalue weighted by Gasteiger charge is -2.09. The van der Waals surface area contributed by atoms with Crippen LogP contribution < -0.4 is 11.1 Å². The topological polar surface area (TPSA) is 75.4 Å². The fraction of sp³-hybridized carbons (Fsp3) is 0. The first-order valence-corrected chi connectivity index (χ1v) is 5.60. The van der Waals surface area contributed by atoms with E-state index in [1.54, 1.807) is 36.4 Å². The van der Waals surface area contributed by atoms with Crippen molar-refractivity contribution in [3.05, 3.63) is 53.1 Å². The molecular formula is C13H11ClN2O2. The summed E-state index contributed by atoms with van der Waals surface area (Å²) in [6, 6.07) is 11.3. The zero-order valence-corrected chi connectivity index (χ0v) is 10.1. The van der Waals surface area contributed by atoms with Crippen LogP contribution in [-0.4, -0.2) is 11.0 Å². The number of nitrogen functional groups attached to an aromatic ring is 1. The summed E-state index contributed by atoms with van der Waals surface area (Å²) >= 11 is 5.84.